The molecule has 3 heterocycles. The number of aromatic nitrogens is 3. The molecule has 0 atom stereocenters. The number of hydrogen-bond acceptors (Lipinski definition) is 7. The molecule has 2 aromatic heterocycles. The predicted molar refractivity (Wildman–Crippen MR) is 108 cm³/mol. The Morgan fingerprint density at radius 3 is 2.52 bits per heavy atom. The average Bonchev–Trinajstić information content (AvgIpc) is 3.19. The third kappa shape index (κ3) is 5.02. The summed E-state index contributed by atoms with van der Waals surface area (Å²) in [5.41, 5.74) is 0.961. The third-order valence-electron chi connectivity index (χ3n) is 4.73. The van der Waals surface area contributed by atoms with Gasteiger partial charge in [0.25, 0.3) is 0 Å². The van der Waals surface area contributed by atoms with E-state index in [9.17, 15) is 12.8 Å². The van der Waals surface area contributed by atoms with Crippen molar-refractivity contribution in [3.05, 3.63) is 59.6 Å². The molecule has 0 aliphatic carbocycles. The van der Waals surface area contributed by atoms with Crippen LogP contribution in [0.4, 0.5) is 4.39 Å². The van der Waals surface area contributed by atoms with Gasteiger partial charge < -0.3 is 0 Å². The molecule has 1 aliphatic heterocycles. The lowest BCUT2D eigenvalue weighted by atomic mass is 10.1. The molecule has 0 amide bonds. The van der Waals surface area contributed by atoms with E-state index in [-0.39, 0.29) is 10.9 Å². The van der Waals surface area contributed by atoms with Crippen LogP contribution in [0.15, 0.2) is 53.0 Å². The fourth-order valence-electron chi connectivity index (χ4n) is 3.23. The number of sulfonamides is 1. The highest BCUT2D eigenvalue weighted by Crippen LogP contribution is 2.22. The van der Waals surface area contributed by atoms with Crippen molar-refractivity contribution in [1.82, 2.24) is 24.6 Å². The smallest absolute Gasteiger partial charge is 0.240 e. The lowest BCUT2D eigenvalue weighted by Gasteiger charge is -2.31. The molecule has 0 unspecified atom stereocenters. The first-order valence-electron chi connectivity index (χ1n) is 9.22. The second-order valence-electron chi connectivity index (χ2n) is 6.84. The topological polar surface area (TPSA) is 88.1 Å². The Morgan fingerprint density at radius 2 is 1.83 bits per heavy atom. The minimum Gasteiger partial charge on any atom is -0.297 e. The van der Waals surface area contributed by atoms with Gasteiger partial charge in [-0.15, -0.1) is 11.3 Å². The summed E-state index contributed by atoms with van der Waals surface area (Å²) in [6.07, 6.45) is 4.81. The molecule has 1 fully saturated rings. The number of thiazole rings is 1. The Bertz CT molecular complexity index is 1050. The van der Waals surface area contributed by atoms with Crippen LogP contribution in [0.1, 0.15) is 18.5 Å². The number of hydrogen-bond donors (Lipinski definition) is 1. The van der Waals surface area contributed by atoms with E-state index in [1.54, 1.807) is 18.5 Å². The summed E-state index contributed by atoms with van der Waals surface area (Å²) < 4.78 is 40.7. The maximum Gasteiger partial charge on any atom is 0.240 e. The minimum absolute atomic E-state index is 0.0828. The second-order valence-corrected chi connectivity index (χ2v) is 9.41. The minimum atomic E-state index is -3.64. The second kappa shape index (κ2) is 8.62. The van der Waals surface area contributed by atoms with E-state index in [0.717, 1.165) is 35.9 Å². The number of nitrogens with zero attached hydrogens (tertiary/aromatic N) is 4. The van der Waals surface area contributed by atoms with Gasteiger partial charge >= 0.3 is 0 Å². The summed E-state index contributed by atoms with van der Waals surface area (Å²) in [7, 11) is -3.64. The maximum atomic E-state index is 13.0. The van der Waals surface area contributed by atoms with Gasteiger partial charge in [0.2, 0.25) is 10.0 Å². The van der Waals surface area contributed by atoms with E-state index in [4.69, 9.17) is 0 Å². The van der Waals surface area contributed by atoms with E-state index >= 15 is 0 Å². The fraction of sp³-hybridized carbons (Fsp3) is 0.316. The molecule has 29 heavy (non-hydrogen) atoms. The standard InChI is InChI=1S/C19H20FN5O2S2/c20-14-2-4-17(5-3-14)29(26,27)24-15-6-10-25(11-7-15)12-16-13-28-19(23-16)18-21-8-1-9-22-18/h1-5,8-9,13,15,24H,6-7,10-12H2. The Kier molecular flexibility index (Phi) is 5.95. The molecule has 1 N–H and O–H groups in total. The number of piperidine rings is 1. The zero-order valence-electron chi connectivity index (χ0n) is 15.5. The highest BCUT2D eigenvalue weighted by Gasteiger charge is 2.25. The van der Waals surface area contributed by atoms with Crippen LogP contribution in [0.5, 0.6) is 0 Å². The van der Waals surface area contributed by atoms with Gasteiger partial charge in [-0.25, -0.2) is 32.5 Å². The van der Waals surface area contributed by atoms with Gasteiger partial charge in [0, 0.05) is 43.4 Å². The fourth-order valence-corrected chi connectivity index (χ4v) is 5.29. The number of rotatable bonds is 6. The van der Waals surface area contributed by atoms with Crippen molar-refractivity contribution in [2.45, 2.75) is 30.3 Å². The van der Waals surface area contributed by atoms with Crippen molar-refractivity contribution >= 4 is 21.4 Å². The first kappa shape index (κ1) is 20.0. The number of likely N-dealkylation sites (tertiary alicyclic amines) is 1. The molecule has 3 aromatic rings. The zero-order chi connectivity index (χ0) is 20.3. The van der Waals surface area contributed by atoms with Gasteiger partial charge in [-0.2, -0.15) is 0 Å². The number of halogens is 1. The largest absolute Gasteiger partial charge is 0.297 e. The molecule has 0 saturated carbocycles. The molecule has 1 aromatic carbocycles. The van der Waals surface area contributed by atoms with Crippen LogP contribution in [0, 0.1) is 5.82 Å². The van der Waals surface area contributed by atoms with E-state index in [0.29, 0.717) is 25.2 Å². The highest BCUT2D eigenvalue weighted by molar-refractivity contribution is 7.89. The van der Waals surface area contributed by atoms with Crippen molar-refractivity contribution < 1.29 is 12.8 Å². The van der Waals surface area contributed by atoms with Crippen molar-refractivity contribution in [3.63, 3.8) is 0 Å². The van der Waals surface area contributed by atoms with Crippen molar-refractivity contribution in [2.24, 2.45) is 0 Å². The Labute approximate surface area is 172 Å². The maximum absolute atomic E-state index is 13.0. The van der Waals surface area contributed by atoms with Crippen LogP contribution in [-0.2, 0) is 16.6 Å². The summed E-state index contributed by atoms with van der Waals surface area (Å²) in [5, 5.41) is 2.80. The Balaban J connectivity index is 1.31. The molecule has 152 valence electrons. The van der Waals surface area contributed by atoms with Crippen LogP contribution in [-0.4, -0.2) is 47.4 Å². The molecule has 1 aliphatic rings. The van der Waals surface area contributed by atoms with Gasteiger partial charge in [-0.3, -0.25) is 4.90 Å². The number of benzene rings is 1. The third-order valence-corrected chi connectivity index (χ3v) is 7.15. The van der Waals surface area contributed by atoms with E-state index < -0.39 is 15.8 Å². The molecule has 0 spiro atoms. The SMILES string of the molecule is O=S(=O)(NC1CCN(Cc2csc(-c3ncccn3)n2)CC1)c1ccc(F)cc1. The van der Waals surface area contributed by atoms with Crippen LogP contribution >= 0.6 is 11.3 Å². The Hall–Kier alpha value is -2.27. The van der Waals surface area contributed by atoms with E-state index in [1.807, 2.05) is 5.38 Å². The van der Waals surface area contributed by atoms with E-state index in [1.165, 1.54) is 23.5 Å². The summed E-state index contributed by atoms with van der Waals surface area (Å²) in [6.45, 7) is 2.25. The van der Waals surface area contributed by atoms with Crippen LogP contribution in [0.25, 0.3) is 10.8 Å². The van der Waals surface area contributed by atoms with Gasteiger partial charge in [-0.1, -0.05) is 0 Å². The molecular formula is C19H20FN5O2S2. The molecule has 1 saturated heterocycles. The van der Waals surface area contributed by atoms with Crippen LogP contribution in [0.3, 0.4) is 0 Å². The molecule has 0 radical (unpaired) electrons. The monoisotopic (exact) mass is 433 g/mol. The van der Waals surface area contributed by atoms with Gasteiger partial charge in [0.15, 0.2) is 10.8 Å². The number of nitrogens with one attached hydrogen (secondary N) is 1. The normalized spacial score (nSPS) is 16.2. The quantitative estimate of drug-likeness (QED) is 0.643. The highest BCUT2D eigenvalue weighted by atomic mass is 32.2. The van der Waals surface area contributed by atoms with E-state index in [2.05, 4.69) is 24.6 Å². The molecule has 0 bridgehead atoms. The Morgan fingerprint density at radius 1 is 1.14 bits per heavy atom. The summed E-state index contributed by atoms with van der Waals surface area (Å²) in [5.74, 6) is 0.166. The average molecular weight is 434 g/mol. The molecule has 10 heteroatoms. The summed E-state index contributed by atoms with van der Waals surface area (Å²) >= 11 is 1.52. The molecule has 4 rings (SSSR count). The van der Waals surface area contributed by atoms with Crippen molar-refractivity contribution in [3.8, 4) is 10.8 Å². The molecule has 7 nitrogen and oxygen atoms in total. The van der Waals surface area contributed by atoms with Crippen LogP contribution < -0.4 is 4.72 Å². The molecular weight excluding hydrogens is 413 g/mol. The lowest BCUT2D eigenvalue weighted by Crippen LogP contribution is -2.44. The van der Waals surface area contributed by atoms with Crippen LogP contribution in [0.2, 0.25) is 0 Å². The van der Waals surface area contributed by atoms with Gasteiger partial charge in [0.05, 0.1) is 10.6 Å². The van der Waals surface area contributed by atoms with Crippen molar-refractivity contribution in [2.75, 3.05) is 13.1 Å². The van der Waals surface area contributed by atoms with Gasteiger partial charge in [-0.05, 0) is 43.2 Å². The predicted octanol–water partition coefficient (Wildman–Crippen LogP) is 2.68. The lowest BCUT2D eigenvalue weighted by molar-refractivity contribution is 0.198. The zero-order valence-corrected chi connectivity index (χ0v) is 17.2. The summed E-state index contributed by atoms with van der Waals surface area (Å²) in [4.78, 5) is 15.4. The van der Waals surface area contributed by atoms with Gasteiger partial charge in [0.1, 0.15) is 5.82 Å². The first-order chi connectivity index (χ1) is 14.0. The van der Waals surface area contributed by atoms with Crippen molar-refractivity contribution in [1.29, 1.82) is 0 Å². The summed E-state index contributed by atoms with van der Waals surface area (Å²) in [6, 6.07) is 6.50. The first-order valence-corrected chi connectivity index (χ1v) is 11.6.